The largest absolute Gasteiger partial charge is 0.508 e. The number of hydrogen-bond acceptors (Lipinski definition) is 3. The van der Waals surface area contributed by atoms with E-state index < -0.39 is 0 Å². The van der Waals surface area contributed by atoms with Crippen LogP contribution in [0.5, 0.6) is 5.75 Å². The molecule has 0 radical (unpaired) electrons. The van der Waals surface area contributed by atoms with E-state index in [4.69, 9.17) is 5.11 Å². The van der Waals surface area contributed by atoms with E-state index in [1.165, 1.54) is 53.7 Å². The number of hydrogen-bond donors (Lipinski definition) is 2. The molecule has 5 rings (SSSR count). The zero-order valence-corrected chi connectivity index (χ0v) is 44.7. The minimum absolute atomic E-state index is 0. The minimum Gasteiger partial charge on any atom is -0.508 e. The normalized spacial score (nSPS) is 13.4. The molecular formula is C59H100N2OS. The molecule has 1 atom stereocenters. The lowest BCUT2D eigenvalue weighted by Crippen LogP contribution is -2.11. The molecule has 4 heteroatoms. The molecule has 0 fully saturated rings. The highest BCUT2D eigenvalue weighted by atomic mass is 32.2. The summed E-state index contributed by atoms with van der Waals surface area (Å²) in [6.45, 7) is 42.8. The molecule has 63 heavy (non-hydrogen) atoms. The molecule has 1 aliphatic rings. The Morgan fingerprint density at radius 2 is 1.02 bits per heavy atom. The van der Waals surface area contributed by atoms with E-state index in [9.17, 15) is 0 Å². The Labute approximate surface area is 396 Å². The van der Waals surface area contributed by atoms with Gasteiger partial charge >= 0.3 is 0 Å². The van der Waals surface area contributed by atoms with Gasteiger partial charge in [-0.05, 0) is 130 Å². The summed E-state index contributed by atoms with van der Waals surface area (Å²) in [4.78, 5) is 7.49. The topological polar surface area (TPSA) is 48.4 Å². The third-order valence-electron chi connectivity index (χ3n) is 9.54. The van der Waals surface area contributed by atoms with Crippen LogP contribution in [-0.4, -0.2) is 28.3 Å². The number of aromatic amines is 1. The number of nitrogens with one attached hydrogen (secondary N) is 1. The lowest BCUT2D eigenvalue weighted by Gasteiger charge is -2.21. The Kier molecular flexibility index (Phi) is 28.8. The van der Waals surface area contributed by atoms with Crippen molar-refractivity contribution in [3.63, 3.8) is 0 Å². The highest BCUT2D eigenvalue weighted by molar-refractivity contribution is 7.98. The molecule has 0 amide bonds. The molecule has 1 aliphatic heterocycles. The molecule has 3 nitrogen and oxygen atoms in total. The van der Waals surface area contributed by atoms with Crippen LogP contribution in [0.15, 0.2) is 102 Å². The third kappa shape index (κ3) is 37.8. The van der Waals surface area contributed by atoms with Crippen LogP contribution in [0, 0.1) is 32.5 Å². The summed E-state index contributed by atoms with van der Waals surface area (Å²) in [6, 6.07) is 28.6. The molecule has 358 valence electrons. The highest BCUT2D eigenvalue weighted by Crippen LogP contribution is 2.38. The fraction of sp³-hybridized carbons (Fsp3) is 0.610. The second kappa shape index (κ2) is 29.3. The molecule has 0 aliphatic carbocycles. The predicted octanol–water partition coefficient (Wildman–Crippen LogP) is 19.0. The number of aromatic nitrogens is 1. The van der Waals surface area contributed by atoms with Gasteiger partial charge in [-0.1, -0.05) is 206 Å². The average Bonchev–Trinajstić information content (AvgIpc) is 3.77. The van der Waals surface area contributed by atoms with E-state index in [1.807, 2.05) is 30.1 Å². The van der Waals surface area contributed by atoms with Crippen LogP contribution in [0.2, 0.25) is 0 Å². The number of fused-ring (bicyclic) bond motifs is 1. The Hall–Kier alpha value is -3.24. The Morgan fingerprint density at radius 3 is 1.43 bits per heavy atom. The number of rotatable bonds is 7. The molecule has 2 N–H and O–H groups in total. The first-order valence-corrected chi connectivity index (χ1v) is 24.8. The second-order valence-corrected chi connectivity index (χ2v) is 25.3. The highest BCUT2D eigenvalue weighted by Gasteiger charge is 2.23. The number of thioether (sulfide) groups is 1. The van der Waals surface area contributed by atoms with Crippen LogP contribution in [0.25, 0.3) is 0 Å². The molecule has 0 saturated carbocycles. The van der Waals surface area contributed by atoms with Crippen molar-refractivity contribution in [1.82, 2.24) is 4.98 Å². The molecule has 4 aromatic rings. The summed E-state index contributed by atoms with van der Waals surface area (Å²) >= 11 is 1.94. The van der Waals surface area contributed by atoms with Crippen molar-refractivity contribution in [1.29, 1.82) is 0 Å². The minimum atomic E-state index is 0. The molecule has 0 saturated heterocycles. The van der Waals surface area contributed by atoms with Gasteiger partial charge in [0.05, 0.1) is 5.69 Å². The van der Waals surface area contributed by atoms with Crippen molar-refractivity contribution >= 4 is 23.7 Å². The quantitative estimate of drug-likeness (QED) is 0.182. The monoisotopic (exact) mass is 885 g/mol. The second-order valence-electron chi connectivity index (χ2n) is 24.4. The average molecular weight is 886 g/mol. The zero-order valence-electron chi connectivity index (χ0n) is 43.9. The molecule has 1 aromatic heterocycles. The number of para-hydroxylation sites is 1. The van der Waals surface area contributed by atoms with E-state index >= 15 is 0 Å². The van der Waals surface area contributed by atoms with Gasteiger partial charge in [-0.2, -0.15) is 11.8 Å². The van der Waals surface area contributed by atoms with E-state index in [1.54, 1.807) is 12.1 Å². The van der Waals surface area contributed by atoms with Crippen molar-refractivity contribution in [3.05, 3.63) is 120 Å². The SMILES string of the molecule is C.CC(C)(C)CC1C=Nc2ccccc21.CC(C)(C)Cc1cc[nH]c1.CC(C)(C)Cc1ccc(O)cc1.CC(C)(C)Cc1ccccc1.CCC(C)(C)C.CSCCCC(C)(C)C. The van der Waals surface area contributed by atoms with Gasteiger partial charge in [-0.3, -0.25) is 4.99 Å². The van der Waals surface area contributed by atoms with Crippen molar-refractivity contribution < 1.29 is 5.11 Å². The van der Waals surface area contributed by atoms with E-state index in [2.05, 4.69) is 221 Å². The first-order valence-electron chi connectivity index (χ1n) is 23.4. The van der Waals surface area contributed by atoms with Gasteiger partial charge in [-0.15, -0.1) is 0 Å². The number of phenolic OH excluding ortho intramolecular Hbond substituents is 1. The number of H-pyrrole nitrogens is 1. The van der Waals surface area contributed by atoms with Crippen LogP contribution in [0.3, 0.4) is 0 Å². The third-order valence-corrected chi connectivity index (χ3v) is 10.2. The fourth-order valence-corrected chi connectivity index (χ4v) is 6.69. The van der Waals surface area contributed by atoms with E-state index in [0.29, 0.717) is 44.2 Å². The summed E-state index contributed by atoms with van der Waals surface area (Å²) in [5, 5.41) is 9.05. The summed E-state index contributed by atoms with van der Waals surface area (Å²) in [5.74, 6) is 2.18. The number of benzene rings is 3. The van der Waals surface area contributed by atoms with Crippen molar-refractivity contribution in [2.24, 2.45) is 37.5 Å². The lowest BCUT2D eigenvalue weighted by molar-refractivity contribution is 0.370. The van der Waals surface area contributed by atoms with Crippen molar-refractivity contribution in [2.45, 2.75) is 190 Å². The molecule has 3 aromatic carbocycles. The number of aromatic hydroxyl groups is 1. The molecule has 0 bridgehead atoms. The predicted molar refractivity (Wildman–Crippen MR) is 290 cm³/mol. The maximum absolute atomic E-state index is 9.05. The Morgan fingerprint density at radius 1 is 0.556 bits per heavy atom. The first-order chi connectivity index (χ1) is 28.3. The van der Waals surface area contributed by atoms with Crippen LogP contribution < -0.4 is 0 Å². The first kappa shape index (κ1) is 61.8. The summed E-state index contributed by atoms with van der Waals surface area (Å²) in [5.41, 5.74) is 9.22. The van der Waals surface area contributed by atoms with E-state index in [0.717, 1.165) is 24.9 Å². The van der Waals surface area contributed by atoms with Gasteiger partial charge in [0.15, 0.2) is 0 Å². The van der Waals surface area contributed by atoms with Crippen LogP contribution >= 0.6 is 11.8 Å². The fourth-order valence-electron chi connectivity index (χ4n) is 6.25. The molecular weight excluding hydrogens is 785 g/mol. The van der Waals surface area contributed by atoms with Crippen LogP contribution in [-0.2, 0) is 19.3 Å². The smallest absolute Gasteiger partial charge is 0.115 e. The van der Waals surface area contributed by atoms with Gasteiger partial charge in [-0.25, -0.2) is 0 Å². The van der Waals surface area contributed by atoms with Gasteiger partial charge in [0.1, 0.15) is 5.75 Å². The summed E-state index contributed by atoms with van der Waals surface area (Å²) in [7, 11) is 0. The number of aliphatic imine (C=N–C) groups is 1. The van der Waals surface area contributed by atoms with Gasteiger partial charge < -0.3 is 10.1 Å². The van der Waals surface area contributed by atoms with Crippen LogP contribution in [0.1, 0.15) is 193 Å². The van der Waals surface area contributed by atoms with Gasteiger partial charge in [0.2, 0.25) is 0 Å². The number of phenols is 1. The summed E-state index contributed by atoms with van der Waals surface area (Å²) < 4.78 is 0. The standard InChI is InChI=1S/C13H17N.C11H16O.C11H16.C9H15N.C8H18S.C6H14.CH4/c1-13(2,3)8-10-9-14-12-7-5-4-6-11(10)12;1-11(2,3)8-9-4-6-10(12)7-5-9;1-11(2,3)9-10-7-5-4-6-8-10;1-9(2,3)6-8-4-5-10-7-8;1-8(2,3)6-5-7-9-4;1-5-6(2,3)4;/h4-7,9-10H,8H2,1-3H3;4-7,12H,8H2,1-3H3;4-8H,9H2,1-3H3;4-5,7,10H,6H2,1-3H3;5-7H2,1-4H3;5H2,1-4H3;1H4. The Balaban J connectivity index is 0. The molecule has 2 heterocycles. The maximum atomic E-state index is 9.05. The maximum Gasteiger partial charge on any atom is 0.115 e. The summed E-state index contributed by atoms with van der Waals surface area (Å²) in [6.07, 6.45) is 16.8. The number of nitrogens with zero attached hydrogens (tertiary/aromatic N) is 1. The van der Waals surface area contributed by atoms with Gasteiger partial charge in [0.25, 0.3) is 0 Å². The van der Waals surface area contributed by atoms with Gasteiger partial charge in [0, 0.05) is 24.5 Å². The lowest BCUT2D eigenvalue weighted by atomic mass is 9.82. The molecule has 1 unspecified atom stereocenters. The van der Waals surface area contributed by atoms with E-state index in [-0.39, 0.29) is 7.43 Å². The van der Waals surface area contributed by atoms with Crippen molar-refractivity contribution in [3.8, 4) is 5.75 Å². The molecule has 0 spiro atoms. The van der Waals surface area contributed by atoms with Crippen molar-refractivity contribution in [2.75, 3.05) is 12.0 Å². The zero-order chi connectivity index (χ0) is 47.8. The van der Waals surface area contributed by atoms with Crippen LogP contribution in [0.4, 0.5) is 5.69 Å². The Bertz CT molecular complexity index is 1710.